The van der Waals surface area contributed by atoms with E-state index in [2.05, 4.69) is 0 Å². The molecule has 3 rings (SSSR count). The Kier molecular flexibility index (Phi) is 3.63. The molecule has 20 heavy (non-hydrogen) atoms. The molecule has 3 heteroatoms. The second kappa shape index (κ2) is 5.28. The summed E-state index contributed by atoms with van der Waals surface area (Å²) in [7, 11) is 0. The number of aliphatic hydroxyl groups is 1. The Hall–Kier alpha value is -1.22. The molecule has 0 amide bonds. The fraction of sp³-hybridized carbons (Fsp3) is 0.647. The van der Waals surface area contributed by atoms with Gasteiger partial charge < -0.3 is 14.6 Å². The van der Waals surface area contributed by atoms with Crippen molar-refractivity contribution >= 4 is 0 Å². The highest BCUT2D eigenvalue weighted by molar-refractivity contribution is 5.44. The molecule has 1 aromatic rings. The summed E-state index contributed by atoms with van der Waals surface area (Å²) in [5.74, 6) is 1.63. The van der Waals surface area contributed by atoms with Crippen LogP contribution in [0.1, 0.15) is 64.0 Å². The van der Waals surface area contributed by atoms with Crippen molar-refractivity contribution in [3.05, 3.63) is 23.8 Å². The second-order valence-corrected chi connectivity index (χ2v) is 6.66. The molecule has 0 bridgehead atoms. The van der Waals surface area contributed by atoms with Crippen molar-refractivity contribution in [2.75, 3.05) is 0 Å². The number of rotatable bonds is 2. The SMILES string of the molecule is CC1(C)CC(O)c2ccc(OC3CCCCC3)cc2O1. The van der Waals surface area contributed by atoms with E-state index < -0.39 is 6.10 Å². The average molecular weight is 276 g/mol. The molecule has 1 aliphatic heterocycles. The van der Waals surface area contributed by atoms with Gasteiger partial charge in [-0.3, -0.25) is 0 Å². The molecule has 1 N–H and O–H groups in total. The van der Waals surface area contributed by atoms with Gasteiger partial charge in [0.25, 0.3) is 0 Å². The van der Waals surface area contributed by atoms with Gasteiger partial charge in [-0.2, -0.15) is 0 Å². The van der Waals surface area contributed by atoms with Crippen LogP contribution in [0, 0.1) is 0 Å². The van der Waals surface area contributed by atoms with Crippen molar-refractivity contribution in [2.45, 2.75) is 70.2 Å². The molecule has 1 aliphatic carbocycles. The van der Waals surface area contributed by atoms with Crippen LogP contribution in [-0.4, -0.2) is 16.8 Å². The zero-order valence-corrected chi connectivity index (χ0v) is 12.4. The lowest BCUT2D eigenvalue weighted by atomic mass is 9.92. The van der Waals surface area contributed by atoms with Gasteiger partial charge in [0, 0.05) is 18.1 Å². The molecule has 110 valence electrons. The molecule has 1 heterocycles. The van der Waals surface area contributed by atoms with Gasteiger partial charge in [0.2, 0.25) is 0 Å². The number of hydrogen-bond donors (Lipinski definition) is 1. The minimum atomic E-state index is -0.447. The first kappa shape index (κ1) is 13.7. The lowest BCUT2D eigenvalue weighted by Crippen LogP contribution is -2.34. The summed E-state index contributed by atoms with van der Waals surface area (Å²) < 4.78 is 12.0. The van der Waals surface area contributed by atoms with Crippen molar-refractivity contribution in [2.24, 2.45) is 0 Å². The van der Waals surface area contributed by atoms with Crippen molar-refractivity contribution < 1.29 is 14.6 Å². The van der Waals surface area contributed by atoms with E-state index >= 15 is 0 Å². The maximum atomic E-state index is 10.2. The number of hydrogen-bond acceptors (Lipinski definition) is 3. The predicted molar refractivity (Wildman–Crippen MR) is 78.2 cm³/mol. The molecule has 0 aromatic heterocycles. The van der Waals surface area contributed by atoms with Gasteiger partial charge in [-0.25, -0.2) is 0 Å². The van der Waals surface area contributed by atoms with E-state index in [9.17, 15) is 5.11 Å². The standard InChI is InChI=1S/C17H24O3/c1-17(2)11-15(18)14-9-8-13(10-16(14)20-17)19-12-6-4-3-5-7-12/h8-10,12,15,18H,3-7,11H2,1-2H3. The summed E-state index contributed by atoms with van der Waals surface area (Å²) in [5, 5.41) is 10.2. The van der Waals surface area contributed by atoms with E-state index in [4.69, 9.17) is 9.47 Å². The minimum Gasteiger partial charge on any atom is -0.490 e. The Labute approximate surface area is 120 Å². The Morgan fingerprint density at radius 2 is 1.95 bits per heavy atom. The van der Waals surface area contributed by atoms with Crippen molar-refractivity contribution in [1.82, 2.24) is 0 Å². The average Bonchev–Trinajstić information content (AvgIpc) is 2.38. The number of aliphatic hydroxyl groups excluding tert-OH is 1. The van der Waals surface area contributed by atoms with E-state index in [0.717, 1.165) is 29.9 Å². The third-order valence-corrected chi connectivity index (χ3v) is 4.27. The summed E-state index contributed by atoms with van der Waals surface area (Å²) in [6.07, 6.45) is 6.66. The Balaban J connectivity index is 1.78. The van der Waals surface area contributed by atoms with Crippen LogP contribution in [-0.2, 0) is 0 Å². The molecule has 1 saturated carbocycles. The van der Waals surface area contributed by atoms with Crippen LogP contribution in [0.5, 0.6) is 11.5 Å². The van der Waals surface area contributed by atoms with Crippen LogP contribution in [0.25, 0.3) is 0 Å². The monoisotopic (exact) mass is 276 g/mol. The fourth-order valence-corrected chi connectivity index (χ4v) is 3.24. The third-order valence-electron chi connectivity index (χ3n) is 4.27. The molecule has 0 radical (unpaired) electrons. The van der Waals surface area contributed by atoms with E-state index in [1.807, 2.05) is 32.0 Å². The van der Waals surface area contributed by atoms with E-state index in [1.54, 1.807) is 0 Å². The maximum absolute atomic E-state index is 10.2. The molecular formula is C17H24O3. The van der Waals surface area contributed by atoms with Gasteiger partial charge in [0.1, 0.15) is 17.1 Å². The third kappa shape index (κ3) is 2.93. The van der Waals surface area contributed by atoms with Crippen LogP contribution < -0.4 is 9.47 Å². The molecule has 1 unspecified atom stereocenters. The van der Waals surface area contributed by atoms with Crippen molar-refractivity contribution in [3.8, 4) is 11.5 Å². The molecular weight excluding hydrogens is 252 g/mol. The zero-order valence-electron chi connectivity index (χ0n) is 12.4. The first-order chi connectivity index (χ1) is 9.53. The second-order valence-electron chi connectivity index (χ2n) is 6.66. The van der Waals surface area contributed by atoms with Gasteiger partial charge in [-0.15, -0.1) is 0 Å². The van der Waals surface area contributed by atoms with Crippen LogP contribution in [0.2, 0.25) is 0 Å². The molecule has 1 atom stereocenters. The maximum Gasteiger partial charge on any atom is 0.129 e. The lowest BCUT2D eigenvalue weighted by Gasteiger charge is -2.35. The van der Waals surface area contributed by atoms with Gasteiger partial charge in [0.15, 0.2) is 0 Å². The first-order valence-electron chi connectivity index (χ1n) is 7.71. The van der Waals surface area contributed by atoms with Crippen molar-refractivity contribution in [1.29, 1.82) is 0 Å². The topological polar surface area (TPSA) is 38.7 Å². The van der Waals surface area contributed by atoms with Crippen LogP contribution >= 0.6 is 0 Å². The van der Waals surface area contributed by atoms with Gasteiger partial charge >= 0.3 is 0 Å². The smallest absolute Gasteiger partial charge is 0.129 e. The van der Waals surface area contributed by atoms with E-state index in [0.29, 0.717) is 12.5 Å². The molecule has 0 spiro atoms. The van der Waals surface area contributed by atoms with Gasteiger partial charge in [-0.1, -0.05) is 6.42 Å². The Morgan fingerprint density at radius 3 is 2.70 bits per heavy atom. The molecule has 1 aromatic carbocycles. The van der Waals surface area contributed by atoms with Crippen LogP contribution in [0.4, 0.5) is 0 Å². The van der Waals surface area contributed by atoms with E-state index in [-0.39, 0.29) is 5.60 Å². The highest BCUT2D eigenvalue weighted by Gasteiger charge is 2.33. The van der Waals surface area contributed by atoms with Gasteiger partial charge in [-0.05, 0) is 51.7 Å². The summed E-state index contributed by atoms with van der Waals surface area (Å²) in [4.78, 5) is 0. The van der Waals surface area contributed by atoms with Crippen LogP contribution in [0.15, 0.2) is 18.2 Å². The molecule has 1 fully saturated rings. The highest BCUT2D eigenvalue weighted by Crippen LogP contribution is 2.41. The number of ether oxygens (including phenoxy) is 2. The largest absolute Gasteiger partial charge is 0.490 e. The Morgan fingerprint density at radius 1 is 1.20 bits per heavy atom. The predicted octanol–water partition coefficient (Wildman–Crippen LogP) is 3.99. The first-order valence-corrected chi connectivity index (χ1v) is 7.71. The van der Waals surface area contributed by atoms with Gasteiger partial charge in [0.05, 0.1) is 12.2 Å². The molecule has 3 nitrogen and oxygen atoms in total. The normalized spacial score (nSPS) is 25.6. The Bertz CT molecular complexity index is 475. The summed E-state index contributed by atoms with van der Waals surface area (Å²) in [6, 6.07) is 5.83. The number of fused-ring (bicyclic) bond motifs is 1. The minimum absolute atomic E-state index is 0.324. The summed E-state index contributed by atoms with van der Waals surface area (Å²) in [5.41, 5.74) is 0.552. The zero-order chi connectivity index (χ0) is 14.2. The van der Waals surface area contributed by atoms with Crippen LogP contribution in [0.3, 0.4) is 0 Å². The molecule has 2 aliphatic rings. The van der Waals surface area contributed by atoms with E-state index in [1.165, 1.54) is 19.3 Å². The molecule has 0 saturated heterocycles. The highest BCUT2D eigenvalue weighted by atomic mass is 16.5. The summed E-state index contributed by atoms with van der Waals surface area (Å²) in [6.45, 7) is 4.02. The quantitative estimate of drug-likeness (QED) is 0.887. The lowest BCUT2D eigenvalue weighted by molar-refractivity contribution is 0.0111. The summed E-state index contributed by atoms with van der Waals surface area (Å²) >= 11 is 0. The fourth-order valence-electron chi connectivity index (χ4n) is 3.24. The van der Waals surface area contributed by atoms with Crippen molar-refractivity contribution in [3.63, 3.8) is 0 Å². The number of benzene rings is 1.